The Bertz CT molecular complexity index is 996. The van der Waals surface area contributed by atoms with Crippen molar-refractivity contribution in [1.82, 2.24) is 9.80 Å². The molecule has 0 spiro atoms. The number of nitrogens with zero attached hydrogens (tertiary/aromatic N) is 2. The number of nitrogens with one attached hydrogen (secondary N) is 1. The smallest absolute Gasteiger partial charge is 0.321 e. The van der Waals surface area contributed by atoms with Crippen molar-refractivity contribution in [3.05, 3.63) is 65.7 Å². The number of hydrogen-bond donors (Lipinski definition) is 1. The van der Waals surface area contributed by atoms with E-state index in [4.69, 9.17) is 4.74 Å². The number of ether oxygens (including phenoxy) is 1. The molecule has 0 saturated carbocycles. The van der Waals surface area contributed by atoms with Gasteiger partial charge in [-0.05, 0) is 49.9 Å². The first-order valence-corrected chi connectivity index (χ1v) is 11.3. The molecule has 8 nitrogen and oxygen atoms in total. The number of fused-ring (bicyclic) bond motifs is 1. The number of unbranched alkanes of at least 4 members (excludes halogenated alkanes) is 1. The van der Waals surface area contributed by atoms with E-state index in [1.807, 2.05) is 30.3 Å². The largest absolute Gasteiger partial charge is 0.465 e. The Balaban J connectivity index is 1.13. The van der Waals surface area contributed by atoms with Crippen LogP contribution < -0.4 is 5.32 Å². The van der Waals surface area contributed by atoms with Crippen molar-refractivity contribution in [2.24, 2.45) is 5.92 Å². The molecule has 2 aliphatic rings. The van der Waals surface area contributed by atoms with E-state index < -0.39 is 0 Å². The first kappa shape index (κ1) is 22.5. The van der Waals surface area contributed by atoms with Crippen molar-refractivity contribution < 1.29 is 23.9 Å². The van der Waals surface area contributed by atoms with Gasteiger partial charge < -0.3 is 15.0 Å². The molecule has 2 aromatic carbocycles. The van der Waals surface area contributed by atoms with Crippen LogP contribution in [0.2, 0.25) is 0 Å². The molecule has 2 aliphatic heterocycles. The molecule has 2 aromatic rings. The summed E-state index contributed by atoms with van der Waals surface area (Å²) in [6.45, 7) is 1.55. The molecule has 0 bridgehead atoms. The van der Waals surface area contributed by atoms with Gasteiger partial charge in [-0.15, -0.1) is 0 Å². The molecule has 0 atom stereocenters. The lowest BCUT2D eigenvalue weighted by Gasteiger charge is -2.31. The van der Waals surface area contributed by atoms with Gasteiger partial charge in [0.25, 0.3) is 11.8 Å². The molecule has 33 heavy (non-hydrogen) atoms. The molecular formula is C25H27N3O5. The lowest BCUT2D eigenvalue weighted by Crippen LogP contribution is -2.42. The number of piperidine rings is 1. The first-order valence-electron chi connectivity index (χ1n) is 11.3. The number of urea groups is 1. The van der Waals surface area contributed by atoms with Crippen molar-refractivity contribution in [3.63, 3.8) is 0 Å². The monoisotopic (exact) mass is 449 g/mol. The third-order valence-electron chi connectivity index (χ3n) is 6.04. The van der Waals surface area contributed by atoms with Crippen molar-refractivity contribution >= 4 is 29.5 Å². The van der Waals surface area contributed by atoms with Crippen LogP contribution in [-0.2, 0) is 9.53 Å². The average molecular weight is 450 g/mol. The van der Waals surface area contributed by atoms with Crippen molar-refractivity contribution in [1.29, 1.82) is 0 Å². The zero-order valence-electron chi connectivity index (χ0n) is 18.4. The number of imide groups is 1. The Morgan fingerprint density at radius 2 is 1.48 bits per heavy atom. The van der Waals surface area contributed by atoms with Gasteiger partial charge in [0.1, 0.15) is 0 Å². The minimum Gasteiger partial charge on any atom is -0.465 e. The third-order valence-corrected chi connectivity index (χ3v) is 6.04. The van der Waals surface area contributed by atoms with E-state index in [0.29, 0.717) is 56.4 Å². The van der Waals surface area contributed by atoms with Gasteiger partial charge >= 0.3 is 12.0 Å². The Morgan fingerprint density at radius 3 is 2.12 bits per heavy atom. The molecular weight excluding hydrogens is 422 g/mol. The number of anilines is 1. The number of amides is 4. The van der Waals surface area contributed by atoms with E-state index in [1.165, 1.54) is 4.90 Å². The summed E-state index contributed by atoms with van der Waals surface area (Å²) >= 11 is 0. The van der Waals surface area contributed by atoms with Gasteiger partial charge in [0.05, 0.1) is 23.7 Å². The van der Waals surface area contributed by atoms with Crippen LogP contribution in [0.1, 0.15) is 46.4 Å². The lowest BCUT2D eigenvalue weighted by atomic mass is 9.97. The Morgan fingerprint density at radius 1 is 0.879 bits per heavy atom. The predicted molar refractivity (Wildman–Crippen MR) is 122 cm³/mol. The van der Waals surface area contributed by atoms with Gasteiger partial charge in [-0.25, -0.2) is 4.79 Å². The maximum Gasteiger partial charge on any atom is 0.321 e. The standard InChI is InChI=1S/C25H27N3O5/c29-22-20-10-4-5-11-21(20)23(30)28(22)14-6-7-17-33-24(31)18-12-15-27(16-13-18)25(32)26-19-8-2-1-3-9-19/h1-5,8-11,18H,6-7,12-17H2,(H,26,32). The van der Waals surface area contributed by atoms with Crippen LogP contribution in [0.15, 0.2) is 54.6 Å². The summed E-state index contributed by atoms with van der Waals surface area (Å²) < 4.78 is 5.41. The second kappa shape index (κ2) is 10.3. The van der Waals surface area contributed by atoms with Gasteiger partial charge in [0.15, 0.2) is 0 Å². The van der Waals surface area contributed by atoms with Gasteiger partial charge in [-0.2, -0.15) is 0 Å². The number of rotatable bonds is 7. The number of esters is 1. The summed E-state index contributed by atoms with van der Waals surface area (Å²) in [5.41, 5.74) is 1.63. The van der Waals surface area contributed by atoms with Crippen LogP contribution in [0.25, 0.3) is 0 Å². The molecule has 8 heteroatoms. The summed E-state index contributed by atoms with van der Waals surface area (Å²) in [6.07, 6.45) is 2.26. The summed E-state index contributed by atoms with van der Waals surface area (Å²) in [5.74, 6) is -1.01. The molecule has 0 aromatic heterocycles. The lowest BCUT2D eigenvalue weighted by molar-refractivity contribution is -0.150. The van der Waals surface area contributed by atoms with Crippen LogP contribution >= 0.6 is 0 Å². The molecule has 2 heterocycles. The second-order valence-corrected chi connectivity index (χ2v) is 8.24. The van der Waals surface area contributed by atoms with Crippen LogP contribution in [0.4, 0.5) is 10.5 Å². The predicted octanol–water partition coefficient (Wildman–Crippen LogP) is 3.55. The number of hydrogen-bond acceptors (Lipinski definition) is 5. The van der Waals surface area contributed by atoms with Gasteiger partial charge in [0, 0.05) is 25.3 Å². The SMILES string of the molecule is O=C(OCCCCN1C(=O)c2ccccc2C1=O)C1CCN(C(=O)Nc2ccccc2)CC1. The maximum absolute atomic E-state index is 12.4. The summed E-state index contributed by atoms with van der Waals surface area (Å²) in [5, 5.41) is 2.86. The number of carbonyl (C=O) groups excluding carboxylic acids is 4. The number of para-hydroxylation sites is 1. The number of carbonyl (C=O) groups is 4. The molecule has 0 radical (unpaired) electrons. The summed E-state index contributed by atoms with van der Waals surface area (Å²) in [4.78, 5) is 52.4. The Kier molecular flexibility index (Phi) is 7.02. The third kappa shape index (κ3) is 5.22. The molecule has 1 fully saturated rings. The fourth-order valence-electron chi connectivity index (χ4n) is 4.15. The van der Waals surface area contributed by atoms with Crippen molar-refractivity contribution in [3.8, 4) is 0 Å². The molecule has 4 rings (SSSR count). The van der Waals surface area contributed by atoms with Gasteiger partial charge in [-0.3, -0.25) is 19.3 Å². The zero-order chi connectivity index (χ0) is 23.2. The van der Waals surface area contributed by atoms with Crippen LogP contribution in [0.5, 0.6) is 0 Å². The van der Waals surface area contributed by atoms with E-state index in [-0.39, 0.29) is 36.3 Å². The number of likely N-dealkylation sites (tertiary alicyclic amines) is 1. The van der Waals surface area contributed by atoms with E-state index in [1.54, 1.807) is 29.2 Å². The molecule has 0 unspecified atom stereocenters. The van der Waals surface area contributed by atoms with Gasteiger partial charge in [0.2, 0.25) is 0 Å². The Labute approximate surface area is 192 Å². The average Bonchev–Trinajstić information content (AvgIpc) is 3.09. The fourth-order valence-corrected chi connectivity index (χ4v) is 4.15. The fraction of sp³-hybridized carbons (Fsp3) is 0.360. The number of benzene rings is 2. The van der Waals surface area contributed by atoms with Crippen LogP contribution in [0, 0.1) is 5.92 Å². The molecule has 1 saturated heterocycles. The van der Waals surface area contributed by atoms with E-state index in [2.05, 4.69) is 5.32 Å². The molecule has 1 N–H and O–H groups in total. The first-order chi connectivity index (χ1) is 16.0. The van der Waals surface area contributed by atoms with Gasteiger partial charge in [-0.1, -0.05) is 30.3 Å². The second-order valence-electron chi connectivity index (χ2n) is 8.24. The topological polar surface area (TPSA) is 96.0 Å². The van der Waals surface area contributed by atoms with E-state index in [0.717, 1.165) is 5.69 Å². The Hall–Kier alpha value is -3.68. The van der Waals surface area contributed by atoms with Crippen molar-refractivity contribution in [2.75, 3.05) is 31.6 Å². The quantitative estimate of drug-likeness (QED) is 0.396. The van der Waals surface area contributed by atoms with Crippen LogP contribution in [-0.4, -0.2) is 59.9 Å². The van der Waals surface area contributed by atoms with Crippen LogP contribution in [0.3, 0.4) is 0 Å². The van der Waals surface area contributed by atoms with E-state index >= 15 is 0 Å². The minimum absolute atomic E-state index is 0.166. The van der Waals surface area contributed by atoms with Crippen molar-refractivity contribution in [2.45, 2.75) is 25.7 Å². The highest BCUT2D eigenvalue weighted by Gasteiger charge is 2.34. The molecule has 4 amide bonds. The summed E-state index contributed by atoms with van der Waals surface area (Å²) in [6, 6.07) is 15.9. The minimum atomic E-state index is -0.268. The molecule has 0 aliphatic carbocycles. The highest BCUT2D eigenvalue weighted by atomic mass is 16.5. The summed E-state index contributed by atoms with van der Waals surface area (Å²) in [7, 11) is 0. The normalized spacial score (nSPS) is 16.0. The maximum atomic E-state index is 12.4. The highest BCUT2D eigenvalue weighted by molar-refractivity contribution is 6.21. The molecule has 172 valence electrons. The zero-order valence-corrected chi connectivity index (χ0v) is 18.4. The highest BCUT2D eigenvalue weighted by Crippen LogP contribution is 2.23. The van der Waals surface area contributed by atoms with E-state index in [9.17, 15) is 19.2 Å².